The lowest BCUT2D eigenvalue weighted by Gasteiger charge is -2.14. The molecule has 0 saturated heterocycles. The highest BCUT2D eigenvalue weighted by Crippen LogP contribution is 2.38. The van der Waals surface area contributed by atoms with E-state index in [9.17, 15) is 30.7 Å². The molecule has 0 aromatic heterocycles. The number of hydrogen-bond donors (Lipinski definition) is 1. The monoisotopic (exact) mass is 242 g/mol. The van der Waals surface area contributed by atoms with Gasteiger partial charge in [0.25, 0.3) is 0 Å². The van der Waals surface area contributed by atoms with Gasteiger partial charge >= 0.3 is 12.4 Å². The summed E-state index contributed by atoms with van der Waals surface area (Å²) < 4.78 is 82.3. The van der Waals surface area contributed by atoms with E-state index in [0.29, 0.717) is 0 Å². The molecule has 0 fully saturated rings. The van der Waals surface area contributed by atoms with Crippen LogP contribution < -0.4 is 0 Å². The fourth-order valence-corrected chi connectivity index (χ4v) is 0.713. The maximum absolute atomic E-state index is 11.9. The molecule has 0 N–H and O–H groups in total. The third-order valence-electron chi connectivity index (χ3n) is 1.13. The van der Waals surface area contributed by atoms with Gasteiger partial charge in [-0.1, -0.05) is 6.08 Å². The van der Waals surface area contributed by atoms with Crippen LogP contribution in [0.15, 0.2) is 11.6 Å². The first-order valence-corrected chi connectivity index (χ1v) is 3.73. The van der Waals surface area contributed by atoms with Crippen molar-refractivity contribution in [3.63, 3.8) is 0 Å². The van der Waals surface area contributed by atoms with Crippen molar-refractivity contribution >= 4 is 12.6 Å². The topological polar surface area (TPSA) is 0 Å². The Hall–Kier alpha value is -0.400. The van der Waals surface area contributed by atoms with Gasteiger partial charge in [0.2, 0.25) is 0 Å². The summed E-state index contributed by atoms with van der Waals surface area (Å²) in [5.41, 5.74) is -4.75. The van der Waals surface area contributed by atoms with Crippen molar-refractivity contribution in [3.8, 4) is 0 Å². The maximum Gasteiger partial charge on any atom is 0.420 e. The Kier molecular flexibility index (Phi) is 4.29. The van der Waals surface area contributed by atoms with E-state index in [1.165, 1.54) is 0 Å². The zero-order valence-electron chi connectivity index (χ0n) is 6.45. The summed E-state index contributed by atoms with van der Waals surface area (Å²) in [7, 11) is 0. The fourth-order valence-electron chi connectivity index (χ4n) is 0.607. The molecule has 0 amide bonds. The lowest BCUT2D eigenvalue weighted by Crippen LogP contribution is -2.26. The molecular formula is C6H5F7S. The van der Waals surface area contributed by atoms with Gasteiger partial charge in [-0.25, -0.2) is 4.39 Å². The highest BCUT2D eigenvalue weighted by atomic mass is 32.1. The third kappa shape index (κ3) is 4.73. The van der Waals surface area contributed by atoms with Crippen molar-refractivity contribution in [1.82, 2.24) is 0 Å². The maximum atomic E-state index is 11.9. The van der Waals surface area contributed by atoms with Crippen LogP contribution in [-0.2, 0) is 0 Å². The zero-order valence-corrected chi connectivity index (χ0v) is 7.35. The second-order valence-corrected chi connectivity index (χ2v) is 2.84. The van der Waals surface area contributed by atoms with Crippen LogP contribution in [0.5, 0.6) is 0 Å². The average molecular weight is 242 g/mol. The molecule has 0 heterocycles. The first-order valence-electron chi connectivity index (χ1n) is 3.22. The minimum absolute atomic E-state index is 0.252. The van der Waals surface area contributed by atoms with Crippen LogP contribution in [0.2, 0.25) is 0 Å². The van der Waals surface area contributed by atoms with E-state index in [-0.39, 0.29) is 6.08 Å². The Bertz CT molecular complexity index is 195. The second-order valence-electron chi connectivity index (χ2n) is 2.28. The molecule has 0 aliphatic carbocycles. The summed E-state index contributed by atoms with van der Waals surface area (Å²) in [6.45, 7) is 0. The van der Waals surface area contributed by atoms with Gasteiger partial charge in [0, 0.05) is 6.42 Å². The lowest BCUT2D eigenvalue weighted by atomic mass is 10.2. The smallest absolute Gasteiger partial charge is 0.236 e. The molecule has 8 heteroatoms. The van der Waals surface area contributed by atoms with Crippen molar-refractivity contribution in [2.45, 2.75) is 24.3 Å². The van der Waals surface area contributed by atoms with Gasteiger partial charge in [-0.05, 0) is 0 Å². The molecule has 84 valence electrons. The molecule has 0 rings (SSSR count). The van der Waals surface area contributed by atoms with Crippen LogP contribution in [0.25, 0.3) is 0 Å². The molecule has 0 radical (unpaired) electrons. The predicted octanol–water partition coefficient (Wildman–Crippen LogP) is 3.65. The first kappa shape index (κ1) is 13.6. The van der Waals surface area contributed by atoms with Crippen molar-refractivity contribution in [1.29, 1.82) is 0 Å². The summed E-state index contributed by atoms with van der Waals surface area (Å²) in [5.74, 6) is 0. The van der Waals surface area contributed by atoms with Crippen LogP contribution in [-0.4, -0.2) is 17.9 Å². The predicted molar refractivity (Wildman–Crippen MR) is 38.7 cm³/mol. The molecule has 14 heavy (non-hydrogen) atoms. The molecule has 1 unspecified atom stereocenters. The van der Waals surface area contributed by atoms with Gasteiger partial charge in [0.1, 0.15) is 11.1 Å². The van der Waals surface area contributed by atoms with Gasteiger partial charge in [0.15, 0.2) is 0 Å². The SMILES string of the molecule is FC(S)CC=C(C(F)(F)F)C(F)(F)F. The highest BCUT2D eigenvalue weighted by Gasteiger charge is 2.50. The van der Waals surface area contributed by atoms with Crippen molar-refractivity contribution in [2.75, 3.05) is 0 Å². The quantitative estimate of drug-likeness (QED) is 0.426. The Morgan fingerprint density at radius 1 is 1.07 bits per heavy atom. The van der Waals surface area contributed by atoms with Gasteiger partial charge in [0.05, 0.1) is 0 Å². The Morgan fingerprint density at radius 3 is 1.64 bits per heavy atom. The van der Waals surface area contributed by atoms with Crippen molar-refractivity contribution < 1.29 is 30.7 Å². The van der Waals surface area contributed by atoms with Gasteiger partial charge in [-0.3, -0.25) is 0 Å². The summed E-state index contributed by atoms with van der Waals surface area (Å²) in [4.78, 5) is 0. The van der Waals surface area contributed by atoms with Crippen LogP contribution in [0.1, 0.15) is 6.42 Å². The Balaban J connectivity index is 4.84. The average Bonchev–Trinajstić information content (AvgIpc) is 1.78. The highest BCUT2D eigenvalue weighted by molar-refractivity contribution is 7.80. The van der Waals surface area contributed by atoms with E-state index in [0.717, 1.165) is 0 Å². The van der Waals surface area contributed by atoms with E-state index < -0.39 is 29.9 Å². The van der Waals surface area contributed by atoms with E-state index >= 15 is 0 Å². The molecule has 0 aliphatic heterocycles. The molecule has 0 bridgehead atoms. The number of allylic oxidation sites excluding steroid dienone is 2. The third-order valence-corrected chi connectivity index (χ3v) is 1.34. The number of hydrogen-bond acceptors (Lipinski definition) is 1. The van der Waals surface area contributed by atoms with Crippen LogP contribution in [0.4, 0.5) is 30.7 Å². The van der Waals surface area contributed by atoms with Gasteiger partial charge < -0.3 is 0 Å². The number of halogens is 7. The van der Waals surface area contributed by atoms with E-state index in [1.807, 2.05) is 0 Å². The van der Waals surface area contributed by atoms with E-state index in [4.69, 9.17) is 0 Å². The molecule has 0 saturated carbocycles. The summed E-state index contributed by atoms with van der Waals surface area (Å²) >= 11 is 3.02. The molecule has 0 aliphatic rings. The second kappa shape index (κ2) is 4.41. The minimum atomic E-state index is -5.53. The fraction of sp³-hybridized carbons (Fsp3) is 0.667. The largest absolute Gasteiger partial charge is 0.420 e. The summed E-state index contributed by atoms with van der Waals surface area (Å²) in [6, 6.07) is 0. The zero-order chi connectivity index (χ0) is 11.6. The molecular weight excluding hydrogens is 237 g/mol. The minimum Gasteiger partial charge on any atom is -0.236 e. The van der Waals surface area contributed by atoms with Gasteiger partial charge in [-0.15, -0.1) is 12.6 Å². The molecule has 0 nitrogen and oxygen atoms in total. The van der Waals surface area contributed by atoms with E-state index in [1.54, 1.807) is 0 Å². The van der Waals surface area contributed by atoms with Crippen molar-refractivity contribution in [3.05, 3.63) is 11.6 Å². The normalized spacial score (nSPS) is 15.1. The standard InChI is InChI=1S/C6H5F7S/c7-4(14)2-1-3(5(8,9)10)6(11,12)13/h1,4,14H,2H2. The number of alkyl halides is 7. The van der Waals surface area contributed by atoms with Crippen LogP contribution in [0, 0.1) is 0 Å². The first-order chi connectivity index (χ1) is 6.05. The number of rotatable bonds is 2. The molecule has 0 aromatic rings. The van der Waals surface area contributed by atoms with E-state index in [2.05, 4.69) is 12.6 Å². The molecule has 0 aromatic carbocycles. The van der Waals surface area contributed by atoms with Gasteiger partial charge in [-0.2, -0.15) is 26.3 Å². The van der Waals surface area contributed by atoms with Crippen LogP contribution >= 0.6 is 12.6 Å². The molecule has 0 spiro atoms. The lowest BCUT2D eigenvalue weighted by molar-refractivity contribution is -0.172. The molecule has 1 atom stereocenters. The number of thiol groups is 1. The summed E-state index contributed by atoms with van der Waals surface area (Å²) in [5, 5.41) is 0. The van der Waals surface area contributed by atoms with Crippen molar-refractivity contribution in [2.24, 2.45) is 0 Å². The summed E-state index contributed by atoms with van der Waals surface area (Å²) in [6.07, 6.45) is -12.4. The van der Waals surface area contributed by atoms with Crippen LogP contribution in [0.3, 0.4) is 0 Å². The Labute approximate surface area is 80.2 Å². The Morgan fingerprint density at radius 2 is 1.43 bits per heavy atom.